The number of hydrogen-bond acceptors (Lipinski definition) is 0. The van der Waals surface area contributed by atoms with Crippen LogP contribution in [0.15, 0.2) is 12.1 Å². The van der Waals surface area contributed by atoms with E-state index in [4.69, 9.17) is 0 Å². The van der Waals surface area contributed by atoms with Gasteiger partial charge >= 0.3 is 0 Å². The summed E-state index contributed by atoms with van der Waals surface area (Å²) >= 11 is 0. The van der Waals surface area contributed by atoms with Crippen LogP contribution in [0.5, 0.6) is 0 Å². The Balaban J connectivity index is 0. The summed E-state index contributed by atoms with van der Waals surface area (Å²) in [6, 6.07) is 7.38. The monoisotopic (exact) mass is 403 g/mol. The van der Waals surface area contributed by atoms with Gasteiger partial charge in [-0.05, 0) is 0 Å². The molecule has 1 rings (SSSR count). The van der Waals surface area contributed by atoms with Crippen molar-refractivity contribution in [3.63, 3.8) is 0 Å². The molecule has 13 heavy (non-hydrogen) atoms. The second-order valence-corrected chi connectivity index (χ2v) is 2.53. The molecular weight excluding hydrogens is 384 g/mol. The predicted molar refractivity (Wildman–Crippen MR) is 53.6 cm³/mol. The third-order valence-electron chi connectivity index (χ3n) is 1.76. The van der Waals surface area contributed by atoms with Gasteiger partial charge in [-0.3, -0.25) is 0 Å². The van der Waals surface area contributed by atoms with Crippen molar-refractivity contribution in [2.45, 2.75) is 27.7 Å². The summed E-state index contributed by atoms with van der Waals surface area (Å²) in [7, 11) is 2.04. The van der Waals surface area contributed by atoms with Gasteiger partial charge in [0.05, 0.1) is 7.05 Å². The Labute approximate surface area is 106 Å². The standard InChI is InChI=1S/C9H12N.C2H6.U/c1-7-4-5-9(10-3)6-8(7)2;1-2;/h5-6,10H,1-3H3;1-2H3;/q-1;;/p+1. The van der Waals surface area contributed by atoms with Gasteiger partial charge in [-0.15, -0.1) is 12.1 Å². The molecule has 2 heteroatoms. The normalized spacial score (nSPS) is 8.08. The summed E-state index contributed by atoms with van der Waals surface area (Å²) in [6.45, 7) is 8.19. The van der Waals surface area contributed by atoms with E-state index < -0.39 is 0 Å². The van der Waals surface area contributed by atoms with Gasteiger partial charge in [-0.1, -0.05) is 27.7 Å². The Kier molecular flexibility index (Phi) is 10.6. The number of rotatable bonds is 1. The van der Waals surface area contributed by atoms with Crippen LogP contribution >= 0.6 is 0 Å². The van der Waals surface area contributed by atoms with E-state index in [1.807, 2.05) is 27.0 Å². The van der Waals surface area contributed by atoms with E-state index in [0.717, 1.165) is 0 Å². The second-order valence-electron chi connectivity index (χ2n) is 2.53. The number of nitrogens with two attached hydrogens (primary N) is 1. The Hall–Kier alpha value is 0.232. The molecule has 0 aliphatic carbocycles. The molecule has 0 aliphatic rings. The summed E-state index contributed by atoms with van der Waals surface area (Å²) in [4.78, 5) is 0. The molecule has 0 aliphatic heterocycles. The molecule has 2 N–H and O–H groups in total. The molecule has 0 bridgehead atoms. The van der Waals surface area contributed by atoms with Crippen LogP contribution in [0, 0.1) is 51.0 Å². The first-order valence-corrected chi connectivity index (χ1v) is 4.52. The van der Waals surface area contributed by atoms with Crippen molar-refractivity contribution in [2.75, 3.05) is 7.05 Å². The van der Waals surface area contributed by atoms with Crippen LogP contribution in [-0.4, -0.2) is 7.05 Å². The number of hydrogen-bond donors (Lipinski definition) is 1. The van der Waals surface area contributed by atoms with Crippen LogP contribution in [0.3, 0.4) is 0 Å². The molecule has 0 radical (unpaired) electrons. The Morgan fingerprint density at radius 2 is 1.77 bits per heavy atom. The molecule has 0 saturated carbocycles. The largest absolute Gasteiger partial charge is 0.365 e. The van der Waals surface area contributed by atoms with Crippen LogP contribution in [0.25, 0.3) is 0 Å². The fourth-order valence-corrected chi connectivity index (χ4v) is 0.872. The number of aryl methyl sites for hydroxylation is 2. The molecule has 0 heterocycles. The number of benzene rings is 1. The Morgan fingerprint density at radius 3 is 2.15 bits per heavy atom. The third-order valence-corrected chi connectivity index (χ3v) is 1.76. The van der Waals surface area contributed by atoms with E-state index in [2.05, 4.69) is 31.3 Å². The van der Waals surface area contributed by atoms with E-state index in [9.17, 15) is 0 Å². The molecule has 0 amide bonds. The van der Waals surface area contributed by atoms with Gasteiger partial charge < -0.3 is 5.32 Å². The first kappa shape index (κ1) is 15.7. The van der Waals surface area contributed by atoms with Crippen LogP contribution in [0.4, 0.5) is 5.69 Å². The molecule has 0 spiro atoms. The first-order valence-electron chi connectivity index (χ1n) is 4.52. The van der Waals surface area contributed by atoms with Gasteiger partial charge in [0.25, 0.3) is 0 Å². The molecule has 72 valence electrons. The summed E-state index contributed by atoms with van der Waals surface area (Å²) in [5.74, 6) is 0. The van der Waals surface area contributed by atoms with Gasteiger partial charge in [0.1, 0.15) is 0 Å². The van der Waals surface area contributed by atoms with E-state index in [0.29, 0.717) is 0 Å². The maximum atomic E-state index is 3.19. The zero-order valence-electron chi connectivity index (χ0n) is 9.23. The quantitative estimate of drug-likeness (QED) is 0.546. The Bertz CT molecular complexity index is 234. The molecule has 1 aromatic carbocycles. The number of quaternary nitrogens is 1. The van der Waals surface area contributed by atoms with Crippen molar-refractivity contribution >= 4 is 5.69 Å². The molecule has 0 fully saturated rings. The van der Waals surface area contributed by atoms with Crippen molar-refractivity contribution in [2.24, 2.45) is 0 Å². The zero-order chi connectivity index (χ0) is 9.56. The smallest absolute Gasteiger partial charge is 0.0604 e. The van der Waals surface area contributed by atoms with Crippen molar-refractivity contribution in [1.82, 2.24) is 0 Å². The van der Waals surface area contributed by atoms with Gasteiger partial charge in [0.15, 0.2) is 0 Å². The molecule has 1 aromatic rings. The molecule has 0 aromatic heterocycles. The SMILES string of the molecule is CC.C[NH2+]c1c[c-]c(C)c(C)c1.[U]. The van der Waals surface area contributed by atoms with Gasteiger partial charge in [-0.25, -0.2) is 0 Å². The Morgan fingerprint density at radius 1 is 1.23 bits per heavy atom. The minimum atomic E-state index is 0. The molecule has 1 nitrogen and oxygen atoms in total. The average molecular weight is 403 g/mol. The maximum absolute atomic E-state index is 3.19. The van der Waals surface area contributed by atoms with E-state index in [1.165, 1.54) is 16.8 Å². The van der Waals surface area contributed by atoms with Crippen molar-refractivity contribution in [3.8, 4) is 0 Å². The van der Waals surface area contributed by atoms with Gasteiger partial charge in [-0.2, -0.15) is 17.2 Å². The van der Waals surface area contributed by atoms with Crippen LogP contribution < -0.4 is 5.32 Å². The van der Waals surface area contributed by atoms with E-state index in [1.54, 1.807) is 0 Å². The van der Waals surface area contributed by atoms with Crippen LogP contribution in [0.2, 0.25) is 0 Å². The van der Waals surface area contributed by atoms with Crippen molar-refractivity contribution in [3.05, 3.63) is 29.3 Å². The van der Waals surface area contributed by atoms with Crippen molar-refractivity contribution in [1.29, 1.82) is 0 Å². The zero-order valence-corrected chi connectivity index (χ0v) is 13.4. The summed E-state index contributed by atoms with van der Waals surface area (Å²) in [5.41, 5.74) is 3.81. The third kappa shape index (κ3) is 5.52. The summed E-state index contributed by atoms with van der Waals surface area (Å²) in [6.07, 6.45) is 0. The predicted octanol–water partition coefficient (Wildman–Crippen LogP) is 1.95. The molecule has 0 atom stereocenters. The molecular formula is C11H19NU. The van der Waals surface area contributed by atoms with Gasteiger partial charge in [0.2, 0.25) is 0 Å². The van der Waals surface area contributed by atoms with E-state index in [-0.39, 0.29) is 31.1 Å². The topological polar surface area (TPSA) is 16.6 Å². The molecule has 0 unspecified atom stereocenters. The average Bonchev–Trinajstić information content (AvgIpc) is 2.13. The van der Waals surface area contributed by atoms with Gasteiger partial charge in [0, 0.05) is 36.8 Å². The molecule has 0 saturated heterocycles. The fraction of sp³-hybridized carbons (Fsp3) is 0.455. The minimum absolute atomic E-state index is 0. The second kappa shape index (κ2) is 8.81. The summed E-state index contributed by atoms with van der Waals surface area (Å²) < 4.78 is 0. The fourth-order valence-electron chi connectivity index (χ4n) is 0.872. The minimum Gasteiger partial charge on any atom is -0.365 e. The maximum Gasteiger partial charge on any atom is 0.0604 e. The van der Waals surface area contributed by atoms with Crippen molar-refractivity contribution < 1.29 is 36.4 Å². The van der Waals surface area contributed by atoms with Crippen LogP contribution in [0.1, 0.15) is 25.0 Å². The first-order chi connectivity index (χ1) is 5.74. The van der Waals surface area contributed by atoms with E-state index >= 15 is 0 Å². The van der Waals surface area contributed by atoms with Crippen LogP contribution in [-0.2, 0) is 0 Å². The summed E-state index contributed by atoms with van der Waals surface area (Å²) in [5, 5.41) is 2.09.